The van der Waals surface area contributed by atoms with Gasteiger partial charge in [0.15, 0.2) is 5.78 Å². The summed E-state index contributed by atoms with van der Waals surface area (Å²) in [5.74, 6) is 0.166. The van der Waals surface area contributed by atoms with Gasteiger partial charge in [-0.3, -0.25) is 9.59 Å². The van der Waals surface area contributed by atoms with E-state index in [0.29, 0.717) is 25.4 Å². The zero-order chi connectivity index (χ0) is 13.5. The van der Waals surface area contributed by atoms with Gasteiger partial charge in [-0.1, -0.05) is 12.8 Å². The van der Waals surface area contributed by atoms with Crippen LogP contribution < -0.4 is 0 Å². The molecule has 0 aromatic rings. The molecule has 2 aliphatic carbocycles. The van der Waals surface area contributed by atoms with Crippen LogP contribution >= 0.6 is 0 Å². The first kappa shape index (κ1) is 13.1. The lowest BCUT2D eigenvalue weighted by Gasteiger charge is -2.47. The minimum atomic E-state index is -0.856. The number of fused-ring (bicyclic) bond motifs is 1. The van der Waals surface area contributed by atoms with E-state index in [-0.39, 0.29) is 23.6 Å². The van der Waals surface area contributed by atoms with E-state index in [2.05, 4.69) is 0 Å². The van der Waals surface area contributed by atoms with Crippen molar-refractivity contribution in [1.82, 2.24) is 0 Å². The smallest absolute Gasteiger partial charge is 0.312 e. The highest BCUT2D eigenvalue weighted by Crippen LogP contribution is 2.51. The van der Waals surface area contributed by atoms with Crippen LogP contribution in [0.3, 0.4) is 0 Å². The van der Waals surface area contributed by atoms with Crippen LogP contribution in [0.1, 0.15) is 44.9 Å². The maximum Gasteiger partial charge on any atom is 0.312 e. The molecular weight excluding hydrogens is 244 g/mol. The van der Waals surface area contributed by atoms with Crippen molar-refractivity contribution in [1.29, 1.82) is 0 Å². The molecule has 1 saturated heterocycles. The minimum absolute atomic E-state index is 0.142. The van der Waals surface area contributed by atoms with Crippen LogP contribution in [0.4, 0.5) is 0 Å². The summed E-state index contributed by atoms with van der Waals surface area (Å²) in [5.41, 5.74) is -0.856. The monoisotopic (exact) mass is 266 g/mol. The first-order valence-corrected chi connectivity index (χ1v) is 7.44. The third kappa shape index (κ3) is 1.92. The van der Waals surface area contributed by atoms with Crippen LogP contribution in [0.15, 0.2) is 0 Å². The van der Waals surface area contributed by atoms with E-state index < -0.39 is 5.60 Å². The third-order valence-corrected chi connectivity index (χ3v) is 5.33. The van der Waals surface area contributed by atoms with E-state index in [1.807, 2.05) is 0 Å². The SMILES string of the molecule is COC(=O)[C@H]1[C@H]2CCCC[C@H]2CC(=O)[C@]12CCCO2. The van der Waals surface area contributed by atoms with E-state index in [4.69, 9.17) is 9.47 Å². The molecule has 4 heteroatoms. The van der Waals surface area contributed by atoms with Gasteiger partial charge in [0.1, 0.15) is 5.60 Å². The number of rotatable bonds is 1. The minimum Gasteiger partial charge on any atom is -0.469 e. The Labute approximate surface area is 113 Å². The normalized spacial score (nSPS) is 42.2. The van der Waals surface area contributed by atoms with Gasteiger partial charge in [0.05, 0.1) is 13.0 Å². The first-order valence-electron chi connectivity index (χ1n) is 7.44. The molecule has 1 aliphatic heterocycles. The van der Waals surface area contributed by atoms with Gasteiger partial charge in [0, 0.05) is 13.0 Å². The lowest BCUT2D eigenvalue weighted by Crippen LogP contribution is -2.58. The van der Waals surface area contributed by atoms with Gasteiger partial charge in [-0.15, -0.1) is 0 Å². The molecule has 3 fully saturated rings. The summed E-state index contributed by atoms with van der Waals surface area (Å²) < 4.78 is 10.8. The Bertz CT molecular complexity index is 384. The van der Waals surface area contributed by atoms with Crippen LogP contribution in [0.25, 0.3) is 0 Å². The predicted octanol–water partition coefficient (Wildman–Crippen LogP) is 2.10. The molecule has 0 bridgehead atoms. The quantitative estimate of drug-likeness (QED) is 0.682. The van der Waals surface area contributed by atoms with Crippen LogP contribution in [0.5, 0.6) is 0 Å². The second-order valence-corrected chi connectivity index (χ2v) is 6.18. The largest absolute Gasteiger partial charge is 0.469 e. The zero-order valence-electron chi connectivity index (χ0n) is 11.5. The average molecular weight is 266 g/mol. The molecule has 3 rings (SSSR count). The highest BCUT2D eigenvalue weighted by molar-refractivity contribution is 5.94. The Hall–Kier alpha value is -0.900. The van der Waals surface area contributed by atoms with Crippen molar-refractivity contribution in [2.24, 2.45) is 17.8 Å². The standard InChI is InChI=1S/C15H22O4/c1-18-14(17)13-11-6-3-2-5-10(11)9-12(16)15(13)7-4-8-19-15/h10-11,13H,2-9H2,1H3/t10-,11-,13+,15+/m0/s1. The number of Topliss-reactive ketones (excluding diaryl/α,β-unsaturated/α-hetero) is 1. The number of hydrogen-bond donors (Lipinski definition) is 0. The maximum absolute atomic E-state index is 12.6. The molecule has 4 atom stereocenters. The molecule has 0 amide bonds. The van der Waals surface area contributed by atoms with Gasteiger partial charge in [-0.2, -0.15) is 0 Å². The average Bonchev–Trinajstić information content (AvgIpc) is 2.90. The van der Waals surface area contributed by atoms with Crippen molar-refractivity contribution in [2.45, 2.75) is 50.5 Å². The highest BCUT2D eigenvalue weighted by atomic mass is 16.5. The van der Waals surface area contributed by atoms with Crippen LogP contribution in [0, 0.1) is 17.8 Å². The summed E-state index contributed by atoms with van der Waals surface area (Å²) >= 11 is 0. The van der Waals surface area contributed by atoms with Gasteiger partial charge < -0.3 is 9.47 Å². The van der Waals surface area contributed by atoms with Gasteiger partial charge in [-0.25, -0.2) is 0 Å². The van der Waals surface area contributed by atoms with Crippen molar-refractivity contribution in [2.75, 3.05) is 13.7 Å². The number of hydrogen-bond acceptors (Lipinski definition) is 4. The number of carbonyl (C=O) groups is 2. The Kier molecular flexibility index (Phi) is 3.37. The predicted molar refractivity (Wildman–Crippen MR) is 68.5 cm³/mol. The van der Waals surface area contributed by atoms with Crippen molar-refractivity contribution in [3.63, 3.8) is 0 Å². The topological polar surface area (TPSA) is 52.6 Å². The van der Waals surface area contributed by atoms with Crippen molar-refractivity contribution >= 4 is 11.8 Å². The molecule has 0 N–H and O–H groups in total. The summed E-state index contributed by atoms with van der Waals surface area (Å²) in [6, 6.07) is 0. The Balaban J connectivity index is 1.97. The molecule has 0 radical (unpaired) electrons. The third-order valence-electron chi connectivity index (χ3n) is 5.33. The first-order chi connectivity index (χ1) is 9.19. The lowest BCUT2D eigenvalue weighted by atomic mass is 9.58. The summed E-state index contributed by atoms with van der Waals surface area (Å²) in [6.07, 6.45) is 6.58. The summed E-state index contributed by atoms with van der Waals surface area (Å²) in [4.78, 5) is 24.8. The summed E-state index contributed by atoms with van der Waals surface area (Å²) in [7, 11) is 1.42. The van der Waals surface area contributed by atoms with E-state index in [1.165, 1.54) is 13.5 Å². The molecule has 1 spiro atoms. The van der Waals surface area contributed by atoms with E-state index in [9.17, 15) is 9.59 Å². The fraction of sp³-hybridized carbons (Fsp3) is 0.867. The van der Waals surface area contributed by atoms with Crippen molar-refractivity contribution < 1.29 is 19.1 Å². The van der Waals surface area contributed by atoms with Crippen LogP contribution in [-0.4, -0.2) is 31.1 Å². The van der Waals surface area contributed by atoms with E-state index in [0.717, 1.165) is 25.7 Å². The maximum atomic E-state index is 12.6. The Morgan fingerprint density at radius 3 is 2.79 bits per heavy atom. The van der Waals surface area contributed by atoms with Crippen molar-refractivity contribution in [3.8, 4) is 0 Å². The Morgan fingerprint density at radius 1 is 1.32 bits per heavy atom. The molecule has 19 heavy (non-hydrogen) atoms. The molecule has 1 heterocycles. The molecule has 0 aromatic carbocycles. The molecular formula is C15H22O4. The number of methoxy groups -OCH3 is 1. The van der Waals surface area contributed by atoms with Crippen molar-refractivity contribution in [3.05, 3.63) is 0 Å². The van der Waals surface area contributed by atoms with Gasteiger partial charge in [-0.05, 0) is 37.5 Å². The van der Waals surface area contributed by atoms with E-state index in [1.54, 1.807) is 0 Å². The molecule has 106 valence electrons. The molecule has 0 unspecified atom stereocenters. The lowest BCUT2D eigenvalue weighted by molar-refractivity contribution is -0.180. The van der Waals surface area contributed by atoms with Crippen LogP contribution in [0.2, 0.25) is 0 Å². The van der Waals surface area contributed by atoms with Gasteiger partial charge in [0.25, 0.3) is 0 Å². The second kappa shape index (κ2) is 4.89. The van der Waals surface area contributed by atoms with Gasteiger partial charge in [0.2, 0.25) is 0 Å². The fourth-order valence-corrected chi connectivity index (χ4v) is 4.48. The highest BCUT2D eigenvalue weighted by Gasteiger charge is 2.60. The summed E-state index contributed by atoms with van der Waals surface area (Å²) in [5, 5.41) is 0. The number of ether oxygens (including phenoxy) is 2. The zero-order valence-corrected chi connectivity index (χ0v) is 11.5. The number of esters is 1. The Morgan fingerprint density at radius 2 is 2.11 bits per heavy atom. The molecule has 2 saturated carbocycles. The molecule has 3 aliphatic rings. The number of carbonyl (C=O) groups excluding carboxylic acids is 2. The van der Waals surface area contributed by atoms with E-state index >= 15 is 0 Å². The second-order valence-electron chi connectivity index (χ2n) is 6.18. The molecule has 4 nitrogen and oxygen atoms in total. The fourth-order valence-electron chi connectivity index (χ4n) is 4.48. The number of ketones is 1. The summed E-state index contributed by atoms with van der Waals surface area (Å²) in [6.45, 7) is 0.594. The van der Waals surface area contributed by atoms with Crippen LogP contribution in [-0.2, 0) is 19.1 Å². The van der Waals surface area contributed by atoms with Gasteiger partial charge >= 0.3 is 5.97 Å². The molecule has 0 aromatic heterocycles.